The lowest BCUT2D eigenvalue weighted by Crippen LogP contribution is -1.97. The molecule has 0 bridgehead atoms. The molecule has 166 valence electrons. The van der Waals surface area contributed by atoms with Crippen molar-refractivity contribution >= 4 is 17.1 Å². The van der Waals surface area contributed by atoms with Gasteiger partial charge in [-0.05, 0) is 57.7 Å². The number of carbonyl (C=O) groups is 1. The zero-order valence-corrected chi connectivity index (χ0v) is 18.6. The van der Waals surface area contributed by atoms with Crippen molar-refractivity contribution in [3.05, 3.63) is 131 Å². The maximum absolute atomic E-state index is 9.82. The molecule has 0 radical (unpaired) electrons. The molecule has 33 heavy (non-hydrogen) atoms. The zero-order chi connectivity index (χ0) is 23.6. The molecule has 2 N–H and O–H groups in total. The molecule has 0 aromatic heterocycles. The van der Waals surface area contributed by atoms with Crippen LogP contribution in [0.25, 0.3) is 11.1 Å². The molecule has 0 saturated carbocycles. The molecule has 4 heteroatoms. The van der Waals surface area contributed by atoms with Crippen LogP contribution < -0.4 is 4.74 Å². The first-order valence-corrected chi connectivity index (χ1v) is 10.5. The van der Waals surface area contributed by atoms with Crippen molar-refractivity contribution in [1.82, 2.24) is 0 Å². The van der Waals surface area contributed by atoms with E-state index < -0.39 is 5.97 Å². The van der Waals surface area contributed by atoms with Gasteiger partial charge in [0, 0.05) is 6.92 Å². The van der Waals surface area contributed by atoms with Crippen molar-refractivity contribution in [3.63, 3.8) is 0 Å². The lowest BCUT2D eigenvalue weighted by Gasteiger charge is -2.18. The molecule has 0 fully saturated rings. The average Bonchev–Trinajstić information content (AvgIpc) is 2.84. The molecule has 0 aliphatic carbocycles. The van der Waals surface area contributed by atoms with Crippen LogP contribution in [-0.4, -0.2) is 23.3 Å². The van der Waals surface area contributed by atoms with Crippen molar-refractivity contribution in [2.24, 2.45) is 0 Å². The lowest BCUT2D eigenvalue weighted by molar-refractivity contribution is -0.134. The molecule has 0 atom stereocenters. The second-order valence-corrected chi connectivity index (χ2v) is 7.28. The molecule has 0 aliphatic rings. The topological polar surface area (TPSA) is 66.8 Å². The van der Waals surface area contributed by atoms with Gasteiger partial charge in [0.1, 0.15) is 11.5 Å². The van der Waals surface area contributed by atoms with Gasteiger partial charge in [-0.15, -0.1) is 0 Å². The van der Waals surface area contributed by atoms with E-state index in [1.165, 1.54) is 0 Å². The van der Waals surface area contributed by atoms with E-state index in [2.05, 4.69) is 60.7 Å². The second kappa shape index (κ2) is 11.3. The van der Waals surface area contributed by atoms with E-state index in [4.69, 9.17) is 14.6 Å². The van der Waals surface area contributed by atoms with Gasteiger partial charge in [-0.1, -0.05) is 84.9 Å². The number of methoxy groups -OCH3 is 1. The van der Waals surface area contributed by atoms with Gasteiger partial charge in [-0.3, -0.25) is 4.79 Å². The maximum Gasteiger partial charge on any atom is 0.300 e. The Morgan fingerprint density at radius 1 is 0.606 bits per heavy atom. The van der Waals surface area contributed by atoms with Crippen LogP contribution in [0.15, 0.2) is 109 Å². The number of rotatable bonds is 5. The number of aliphatic carboxylic acids is 1. The van der Waals surface area contributed by atoms with Gasteiger partial charge in [0.05, 0.1) is 7.11 Å². The third-order valence-electron chi connectivity index (χ3n) is 4.91. The molecule has 0 spiro atoms. The summed E-state index contributed by atoms with van der Waals surface area (Å²) in [5.74, 6) is 0.239. The normalized spacial score (nSPS) is 9.88. The summed E-state index contributed by atoms with van der Waals surface area (Å²) in [4.78, 5) is 9.00. The van der Waals surface area contributed by atoms with Crippen molar-refractivity contribution in [3.8, 4) is 11.5 Å². The molecule has 0 heterocycles. The summed E-state index contributed by atoms with van der Waals surface area (Å²) in [5.41, 5.74) is 6.64. The SMILES string of the molecule is CC(=O)O.COc1ccc(C(=C(c2ccccc2)c2ccccc2)c2ccc(O)cc2)cc1. The van der Waals surface area contributed by atoms with Gasteiger partial charge in [0.2, 0.25) is 0 Å². The summed E-state index contributed by atoms with van der Waals surface area (Å²) in [6, 6.07) is 36.3. The Balaban J connectivity index is 0.000000709. The molecule has 0 saturated heterocycles. The number of carboxylic acid groups (broad SMARTS) is 1. The van der Waals surface area contributed by atoms with Crippen LogP contribution in [0, 0.1) is 0 Å². The molecule has 0 aliphatic heterocycles. The van der Waals surface area contributed by atoms with Crippen LogP contribution >= 0.6 is 0 Å². The minimum atomic E-state index is -0.833. The number of phenols is 1. The fourth-order valence-electron chi connectivity index (χ4n) is 3.51. The first kappa shape index (κ1) is 23.4. The first-order valence-electron chi connectivity index (χ1n) is 10.5. The summed E-state index contributed by atoms with van der Waals surface area (Å²) in [6.45, 7) is 1.08. The van der Waals surface area contributed by atoms with Crippen LogP contribution in [0.5, 0.6) is 11.5 Å². The third kappa shape index (κ3) is 6.34. The predicted octanol–water partition coefficient (Wildman–Crippen LogP) is 6.50. The van der Waals surface area contributed by atoms with Gasteiger partial charge >= 0.3 is 0 Å². The van der Waals surface area contributed by atoms with E-state index in [1.54, 1.807) is 19.2 Å². The van der Waals surface area contributed by atoms with Gasteiger partial charge in [-0.25, -0.2) is 0 Å². The van der Waals surface area contributed by atoms with Crippen LogP contribution in [0.1, 0.15) is 29.2 Å². The number of hydrogen-bond acceptors (Lipinski definition) is 3. The van der Waals surface area contributed by atoms with Crippen LogP contribution in [0.3, 0.4) is 0 Å². The van der Waals surface area contributed by atoms with E-state index in [0.717, 1.165) is 46.1 Å². The Bertz CT molecular complexity index is 1150. The van der Waals surface area contributed by atoms with E-state index >= 15 is 0 Å². The molecule has 0 unspecified atom stereocenters. The summed E-state index contributed by atoms with van der Waals surface area (Å²) in [6.07, 6.45) is 0. The number of benzene rings is 4. The zero-order valence-electron chi connectivity index (χ0n) is 18.6. The highest BCUT2D eigenvalue weighted by Crippen LogP contribution is 2.37. The van der Waals surface area contributed by atoms with E-state index in [0.29, 0.717) is 0 Å². The largest absolute Gasteiger partial charge is 0.508 e. The summed E-state index contributed by atoms with van der Waals surface area (Å²) < 4.78 is 5.35. The third-order valence-corrected chi connectivity index (χ3v) is 4.91. The van der Waals surface area contributed by atoms with Crippen LogP contribution in [0.4, 0.5) is 0 Å². The fourth-order valence-corrected chi connectivity index (χ4v) is 3.51. The summed E-state index contributed by atoms with van der Waals surface area (Å²) >= 11 is 0. The first-order chi connectivity index (χ1) is 16.0. The minimum absolute atomic E-state index is 0.254. The van der Waals surface area contributed by atoms with Gasteiger partial charge in [-0.2, -0.15) is 0 Å². The molecule has 0 amide bonds. The Morgan fingerprint density at radius 3 is 1.30 bits per heavy atom. The molecule has 4 aromatic carbocycles. The summed E-state index contributed by atoms with van der Waals surface area (Å²) in [7, 11) is 1.67. The minimum Gasteiger partial charge on any atom is -0.508 e. The highest BCUT2D eigenvalue weighted by Gasteiger charge is 2.16. The smallest absolute Gasteiger partial charge is 0.300 e. The van der Waals surface area contributed by atoms with Crippen molar-refractivity contribution < 1.29 is 19.7 Å². The van der Waals surface area contributed by atoms with Gasteiger partial charge in [0.25, 0.3) is 5.97 Å². The van der Waals surface area contributed by atoms with Crippen molar-refractivity contribution in [1.29, 1.82) is 0 Å². The maximum atomic E-state index is 9.82. The van der Waals surface area contributed by atoms with Crippen molar-refractivity contribution in [2.45, 2.75) is 6.92 Å². The highest BCUT2D eigenvalue weighted by molar-refractivity contribution is 6.04. The molecular formula is C29H26O4. The van der Waals surface area contributed by atoms with Gasteiger partial charge in [0.15, 0.2) is 0 Å². The van der Waals surface area contributed by atoms with Crippen LogP contribution in [-0.2, 0) is 4.79 Å². The highest BCUT2D eigenvalue weighted by atomic mass is 16.5. The van der Waals surface area contributed by atoms with E-state index in [1.807, 2.05) is 36.4 Å². The number of aromatic hydroxyl groups is 1. The second-order valence-electron chi connectivity index (χ2n) is 7.28. The van der Waals surface area contributed by atoms with Gasteiger partial charge < -0.3 is 14.9 Å². The Hall–Kier alpha value is -4.31. The fraction of sp³-hybridized carbons (Fsp3) is 0.0690. The predicted molar refractivity (Wildman–Crippen MR) is 132 cm³/mol. The Morgan fingerprint density at radius 2 is 0.939 bits per heavy atom. The number of carboxylic acids is 1. The van der Waals surface area contributed by atoms with Crippen LogP contribution in [0.2, 0.25) is 0 Å². The van der Waals surface area contributed by atoms with E-state index in [-0.39, 0.29) is 5.75 Å². The number of hydrogen-bond donors (Lipinski definition) is 2. The number of ether oxygens (including phenoxy) is 1. The lowest BCUT2D eigenvalue weighted by atomic mass is 9.86. The standard InChI is InChI=1S/C27H22O2.C2H4O2/c1-29-25-18-14-23(15-19-25)27(22-12-16-24(28)17-13-22)26(20-8-4-2-5-9-20)21-10-6-3-7-11-21;1-2(3)4/h2-19,28H,1H3;1H3,(H,3,4). The molecule has 4 rings (SSSR count). The Labute approximate surface area is 194 Å². The molecule has 4 aromatic rings. The van der Waals surface area contributed by atoms with E-state index in [9.17, 15) is 5.11 Å². The monoisotopic (exact) mass is 438 g/mol. The average molecular weight is 439 g/mol. The number of phenolic OH excluding ortho intramolecular Hbond substituents is 1. The quantitative estimate of drug-likeness (QED) is 0.349. The summed E-state index contributed by atoms with van der Waals surface area (Å²) in [5, 5.41) is 17.2. The van der Waals surface area contributed by atoms with Crippen molar-refractivity contribution in [2.75, 3.05) is 7.11 Å². The Kier molecular flexibility index (Phi) is 8.03. The molecular weight excluding hydrogens is 412 g/mol. The molecule has 4 nitrogen and oxygen atoms in total.